The molecular weight excluding hydrogens is 222 g/mol. The zero-order valence-corrected chi connectivity index (χ0v) is 10.8. The quantitative estimate of drug-likeness (QED) is 0.804. The number of carbonyl (C=O) groups excluding carboxylic acids is 1. The van der Waals surface area contributed by atoms with Crippen LogP contribution in [0.25, 0.3) is 11.1 Å². The fourth-order valence-corrected chi connectivity index (χ4v) is 1.92. The van der Waals surface area contributed by atoms with Crippen molar-refractivity contribution in [2.24, 2.45) is 0 Å². The fraction of sp³-hybridized carbons (Fsp3) is 0.188. The van der Waals surface area contributed by atoms with Crippen molar-refractivity contribution in [3.8, 4) is 11.1 Å². The Balaban J connectivity index is 2.35. The van der Waals surface area contributed by atoms with E-state index in [1.807, 2.05) is 37.4 Å². The van der Waals surface area contributed by atoms with Gasteiger partial charge >= 0.3 is 0 Å². The molecule has 0 atom stereocenters. The second-order valence-electron chi connectivity index (χ2n) is 4.40. The molecule has 0 radical (unpaired) electrons. The van der Waals surface area contributed by atoms with Gasteiger partial charge < -0.3 is 4.90 Å². The van der Waals surface area contributed by atoms with Gasteiger partial charge in [-0.1, -0.05) is 54.6 Å². The summed E-state index contributed by atoms with van der Waals surface area (Å²) in [6, 6.07) is 18.4. The largest absolute Gasteiger partial charge is 0.342 e. The van der Waals surface area contributed by atoms with Gasteiger partial charge in [-0.25, -0.2) is 0 Å². The lowest BCUT2D eigenvalue weighted by molar-refractivity contribution is -0.128. The van der Waals surface area contributed by atoms with Gasteiger partial charge in [0.15, 0.2) is 0 Å². The van der Waals surface area contributed by atoms with Crippen molar-refractivity contribution in [2.45, 2.75) is 13.5 Å². The van der Waals surface area contributed by atoms with Crippen molar-refractivity contribution in [1.82, 2.24) is 4.90 Å². The van der Waals surface area contributed by atoms with Crippen LogP contribution in [0.15, 0.2) is 54.6 Å². The van der Waals surface area contributed by atoms with Gasteiger partial charge in [-0.2, -0.15) is 0 Å². The minimum atomic E-state index is 0.0814. The summed E-state index contributed by atoms with van der Waals surface area (Å²) in [6.45, 7) is 2.23. The minimum absolute atomic E-state index is 0.0814. The lowest BCUT2D eigenvalue weighted by Gasteiger charge is -2.17. The monoisotopic (exact) mass is 239 g/mol. The third-order valence-corrected chi connectivity index (χ3v) is 3.05. The van der Waals surface area contributed by atoms with E-state index in [-0.39, 0.29) is 5.91 Å². The number of hydrogen-bond acceptors (Lipinski definition) is 1. The van der Waals surface area contributed by atoms with Gasteiger partial charge in [0.05, 0.1) is 0 Å². The molecule has 0 N–H and O–H groups in total. The maximum atomic E-state index is 11.3. The Hall–Kier alpha value is -2.09. The number of rotatable bonds is 3. The summed E-state index contributed by atoms with van der Waals surface area (Å²) in [5, 5.41) is 0. The van der Waals surface area contributed by atoms with Gasteiger partial charge in [0.1, 0.15) is 0 Å². The summed E-state index contributed by atoms with van der Waals surface area (Å²) in [7, 11) is 1.82. The van der Waals surface area contributed by atoms with E-state index >= 15 is 0 Å². The summed E-state index contributed by atoms with van der Waals surface area (Å²) in [5.74, 6) is 0.0814. The standard InChI is InChI=1S/C16H17NO/c1-13(18)17(2)12-15-10-6-7-11-16(15)14-8-4-3-5-9-14/h3-11H,12H2,1-2H3. The SMILES string of the molecule is CC(=O)N(C)Cc1ccccc1-c1ccccc1. The first-order valence-corrected chi connectivity index (χ1v) is 6.03. The molecule has 0 heterocycles. The predicted octanol–water partition coefficient (Wildman–Crippen LogP) is 3.33. The van der Waals surface area contributed by atoms with E-state index < -0.39 is 0 Å². The Morgan fingerprint density at radius 3 is 2.28 bits per heavy atom. The molecule has 0 bridgehead atoms. The van der Waals surface area contributed by atoms with Crippen molar-refractivity contribution in [2.75, 3.05) is 7.05 Å². The Bertz CT molecular complexity index is 534. The number of amides is 1. The summed E-state index contributed by atoms with van der Waals surface area (Å²) in [6.07, 6.45) is 0. The molecule has 18 heavy (non-hydrogen) atoms. The molecule has 0 unspecified atom stereocenters. The van der Waals surface area contributed by atoms with E-state index in [9.17, 15) is 4.79 Å². The average molecular weight is 239 g/mol. The molecule has 0 aromatic heterocycles. The number of nitrogens with zero attached hydrogens (tertiary/aromatic N) is 1. The lowest BCUT2D eigenvalue weighted by atomic mass is 9.99. The number of benzene rings is 2. The van der Waals surface area contributed by atoms with Crippen LogP contribution in [-0.4, -0.2) is 17.9 Å². The Morgan fingerprint density at radius 1 is 1.00 bits per heavy atom. The third-order valence-electron chi connectivity index (χ3n) is 3.05. The first kappa shape index (κ1) is 12.4. The first-order valence-electron chi connectivity index (χ1n) is 6.03. The van der Waals surface area contributed by atoms with Crippen LogP contribution in [0, 0.1) is 0 Å². The predicted molar refractivity (Wildman–Crippen MR) is 74.0 cm³/mol. The highest BCUT2D eigenvalue weighted by molar-refractivity contribution is 5.74. The highest BCUT2D eigenvalue weighted by Crippen LogP contribution is 2.24. The van der Waals surface area contributed by atoms with Crippen molar-refractivity contribution in [1.29, 1.82) is 0 Å². The molecule has 2 rings (SSSR count). The van der Waals surface area contributed by atoms with E-state index in [2.05, 4.69) is 24.3 Å². The first-order chi connectivity index (χ1) is 8.68. The summed E-state index contributed by atoms with van der Waals surface area (Å²) in [4.78, 5) is 13.0. The summed E-state index contributed by atoms with van der Waals surface area (Å²) < 4.78 is 0. The molecule has 0 aliphatic carbocycles. The van der Waals surface area contributed by atoms with Gasteiger partial charge in [-0.15, -0.1) is 0 Å². The van der Waals surface area contributed by atoms with Crippen molar-refractivity contribution in [3.63, 3.8) is 0 Å². The molecule has 0 spiro atoms. The Morgan fingerprint density at radius 2 is 1.61 bits per heavy atom. The van der Waals surface area contributed by atoms with Crippen LogP contribution in [0.1, 0.15) is 12.5 Å². The van der Waals surface area contributed by atoms with Crippen LogP contribution in [0.5, 0.6) is 0 Å². The Kier molecular flexibility index (Phi) is 3.78. The molecule has 0 saturated carbocycles. The molecular formula is C16H17NO. The molecule has 2 aromatic carbocycles. The second kappa shape index (κ2) is 5.50. The normalized spacial score (nSPS) is 10.1. The van der Waals surface area contributed by atoms with Crippen LogP contribution in [0.2, 0.25) is 0 Å². The molecule has 92 valence electrons. The van der Waals surface area contributed by atoms with E-state index in [1.165, 1.54) is 16.7 Å². The summed E-state index contributed by atoms with van der Waals surface area (Å²) >= 11 is 0. The second-order valence-corrected chi connectivity index (χ2v) is 4.40. The molecule has 0 fully saturated rings. The van der Waals surface area contributed by atoms with E-state index in [0.717, 1.165) is 0 Å². The molecule has 2 aromatic rings. The van der Waals surface area contributed by atoms with Crippen LogP contribution in [-0.2, 0) is 11.3 Å². The van der Waals surface area contributed by atoms with Gasteiger partial charge in [-0.05, 0) is 16.7 Å². The minimum Gasteiger partial charge on any atom is -0.342 e. The molecule has 1 amide bonds. The van der Waals surface area contributed by atoms with Crippen molar-refractivity contribution < 1.29 is 4.79 Å². The zero-order valence-electron chi connectivity index (χ0n) is 10.8. The van der Waals surface area contributed by atoms with Crippen molar-refractivity contribution >= 4 is 5.91 Å². The lowest BCUT2D eigenvalue weighted by Crippen LogP contribution is -2.23. The van der Waals surface area contributed by atoms with E-state index in [0.29, 0.717) is 6.54 Å². The highest BCUT2D eigenvalue weighted by atomic mass is 16.2. The van der Waals surface area contributed by atoms with E-state index in [4.69, 9.17) is 0 Å². The molecule has 0 aliphatic rings. The van der Waals surface area contributed by atoms with Crippen LogP contribution in [0.3, 0.4) is 0 Å². The maximum absolute atomic E-state index is 11.3. The van der Waals surface area contributed by atoms with Gasteiger partial charge in [0.25, 0.3) is 0 Å². The fourth-order valence-electron chi connectivity index (χ4n) is 1.92. The molecule has 2 heteroatoms. The number of hydrogen-bond donors (Lipinski definition) is 0. The Labute approximate surface area is 108 Å². The van der Waals surface area contributed by atoms with E-state index in [1.54, 1.807) is 11.8 Å². The molecule has 2 nitrogen and oxygen atoms in total. The topological polar surface area (TPSA) is 20.3 Å². The van der Waals surface area contributed by atoms with Gasteiger partial charge in [-0.3, -0.25) is 4.79 Å². The number of carbonyl (C=O) groups is 1. The zero-order chi connectivity index (χ0) is 13.0. The third kappa shape index (κ3) is 2.77. The van der Waals surface area contributed by atoms with Gasteiger partial charge in [0, 0.05) is 20.5 Å². The van der Waals surface area contributed by atoms with Crippen LogP contribution < -0.4 is 0 Å². The van der Waals surface area contributed by atoms with Crippen LogP contribution in [0.4, 0.5) is 0 Å². The highest BCUT2D eigenvalue weighted by Gasteiger charge is 2.08. The van der Waals surface area contributed by atoms with Gasteiger partial charge in [0.2, 0.25) is 5.91 Å². The smallest absolute Gasteiger partial charge is 0.219 e. The average Bonchev–Trinajstić information content (AvgIpc) is 2.40. The van der Waals surface area contributed by atoms with Crippen LogP contribution >= 0.6 is 0 Å². The van der Waals surface area contributed by atoms with Crippen molar-refractivity contribution in [3.05, 3.63) is 60.2 Å². The maximum Gasteiger partial charge on any atom is 0.219 e. The summed E-state index contributed by atoms with van der Waals surface area (Å²) in [5.41, 5.74) is 3.54. The molecule has 0 saturated heterocycles. The molecule has 0 aliphatic heterocycles.